The van der Waals surface area contributed by atoms with Gasteiger partial charge < -0.3 is 4.42 Å². The summed E-state index contributed by atoms with van der Waals surface area (Å²) in [6, 6.07) is 11.8. The van der Waals surface area contributed by atoms with Crippen molar-refractivity contribution in [3.63, 3.8) is 0 Å². The molecule has 0 spiro atoms. The van der Waals surface area contributed by atoms with Gasteiger partial charge in [0.25, 0.3) is 10.0 Å². The average molecular weight is 434 g/mol. The first-order chi connectivity index (χ1) is 13.6. The third-order valence-electron chi connectivity index (χ3n) is 4.57. The van der Waals surface area contributed by atoms with E-state index in [1.54, 1.807) is 42.8 Å². The lowest BCUT2D eigenvalue weighted by molar-refractivity contribution is 0.475. The predicted octanol–water partition coefficient (Wildman–Crippen LogP) is 5.10. The Hall–Kier alpha value is -2.35. The summed E-state index contributed by atoms with van der Waals surface area (Å²) in [5.74, 6) is -0.0134. The maximum atomic E-state index is 12.9. The van der Waals surface area contributed by atoms with E-state index in [9.17, 15) is 13.2 Å². The monoisotopic (exact) mass is 433 g/mol. The number of amides is 1. The molecule has 1 N–H and O–H groups in total. The topological polar surface area (TPSA) is 79.6 Å². The molecule has 0 saturated carbocycles. The molecule has 3 aromatic rings. The smallest absolute Gasteiger partial charge is 0.333 e. The van der Waals surface area contributed by atoms with Gasteiger partial charge in [0, 0.05) is 16.5 Å². The quantitative estimate of drug-likeness (QED) is 0.415. The van der Waals surface area contributed by atoms with E-state index in [4.69, 9.17) is 16.0 Å². The zero-order valence-electron chi connectivity index (χ0n) is 16.6. The van der Waals surface area contributed by atoms with Crippen molar-refractivity contribution < 1.29 is 17.6 Å². The van der Waals surface area contributed by atoms with Crippen LogP contribution in [-0.2, 0) is 14.8 Å². The minimum Gasteiger partial charge on any atom is -0.443 e. The van der Waals surface area contributed by atoms with Crippen LogP contribution in [0.3, 0.4) is 0 Å². The second-order valence-corrected chi connectivity index (χ2v) is 9.40. The first kappa shape index (κ1) is 21.4. The number of hydrazine groups is 1. The highest BCUT2D eigenvalue weighted by molar-refractivity contribution is 7.89. The van der Waals surface area contributed by atoms with Crippen molar-refractivity contribution in [1.29, 1.82) is 0 Å². The molecule has 6 nitrogen and oxygen atoms in total. The van der Waals surface area contributed by atoms with Gasteiger partial charge in [-0.05, 0) is 41.2 Å². The van der Waals surface area contributed by atoms with E-state index < -0.39 is 10.0 Å². The van der Waals surface area contributed by atoms with Gasteiger partial charge in [0.1, 0.15) is 5.58 Å². The first-order valence-corrected chi connectivity index (χ1v) is 11.0. The Labute approximate surface area is 175 Å². The largest absolute Gasteiger partial charge is 0.443 e. The molecule has 0 fully saturated rings. The molecular weight excluding hydrogens is 412 g/mol. The summed E-state index contributed by atoms with van der Waals surface area (Å²) < 4.78 is 31.3. The standard InChI is InChI=1S/C21H22ClN2O4S/c1-13(2)17-10-16(22)11-18(14(3)4)21(17)24(12-25)23-29(26,27)20-9-15-7-5-6-8-19(15)28-20/h5-11,13-14,23H,1-4H3. The molecule has 1 heterocycles. The van der Waals surface area contributed by atoms with Gasteiger partial charge in [-0.1, -0.05) is 57.5 Å². The van der Waals surface area contributed by atoms with Crippen molar-refractivity contribution in [2.45, 2.75) is 44.6 Å². The lowest BCUT2D eigenvalue weighted by atomic mass is 9.92. The summed E-state index contributed by atoms with van der Waals surface area (Å²) >= 11 is 6.26. The highest BCUT2D eigenvalue weighted by Gasteiger charge is 2.27. The number of furan rings is 1. The van der Waals surface area contributed by atoms with Crippen LogP contribution in [0.25, 0.3) is 11.0 Å². The lowest BCUT2D eigenvalue weighted by Crippen LogP contribution is -2.42. The Morgan fingerprint density at radius 2 is 1.62 bits per heavy atom. The Kier molecular flexibility index (Phi) is 6.03. The van der Waals surface area contributed by atoms with Gasteiger partial charge in [-0.25, -0.2) is 13.4 Å². The maximum Gasteiger partial charge on any atom is 0.333 e. The fraction of sp³-hybridized carbons (Fsp3) is 0.286. The zero-order chi connectivity index (χ0) is 21.3. The van der Waals surface area contributed by atoms with E-state index in [0.29, 0.717) is 21.7 Å². The predicted molar refractivity (Wildman–Crippen MR) is 114 cm³/mol. The minimum atomic E-state index is -4.16. The Morgan fingerprint density at radius 1 is 1.03 bits per heavy atom. The van der Waals surface area contributed by atoms with Crippen LogP contribution in [0.5, 0.6) is 0 Å². The SMILES string of the molecule is CC(C)c1cc(Cl)cc(C(C)C)c1N([C]=O)NS(=O)(=O)c1cc2ccccc2o1. The van der Waals surface area contributed by atoms with Gasteiger partial charge >= 0.3 is 6.41 Å². The summed E-state index contributed by atoms with van der Waals surface area (Å²) in [5, 5.41) is 1.74. The van der Waals surface area contributed by atoms with Gasteiger partial charge in [0.05, 0.1) is 5.69 Å². The number of fused-ring (bicyclic) bond motifs is 1. The maximum absolute atomic E-state index is 12.9. The van der Waals surface area contributed by atoms with E-state index >= 15 is 0 Å². The number of sulfonamides is 1. The molecule has 0 saturated heterocycles. The molecule has 153 valence electrons. The number of carbonyl (C=O) groups excluding carboxylic acids is 1. The van der Waals surface area contributed by atoms with Crippen molar-refractivity contribution in [3.8, 4) is 0 Å². The van der Waals surface area contributed by atoms with Gasteiger partial charge in [-0.15, -0.1) is 4.83 Å². The molecule has 0 aliphatic carbocycles. The van der Waals surface area contributed by atoms with Crippen LogP contribution in [-0.4, -0.2) is 14.8 Å². The summed E-state index contributed by atoms with van der Waals surface area (Å²) in [6.07, 6.45) is 1.70. The van der Waals surface area contributed by atoms with Gasteiger partial charge in [-0.2, -0.15) is 0 Å². The zero-order valence-corrected chi connectivity index (χ0v) is 18.1. The molecule has 2 aromatic carbocycles. The second-order valence-electron chi connectivity index (χ2n) is 7.37. The van der Waals surface area contributed by atoms with Crippen LogP contribution >= 0.6 is 11.6 Å². The fourth-order valence-corrected chi connectivity index (χ4v) is 4.32. The highest BCUT2D eigenvalue weighted by atomic mass is 35.5. The van der Waals surface area contributed by atoms with E-state index in [-0.39, 0.29) is 16.9 Å². The van der Waals surface area contributed by atoms with Crippen molar-refractivity contribution in [2.24, 2.45) is 0 Å². The van der Waals surface area contributed by atoms with E-state index in [2.05, 4.69) is 4.83 Å². The molecule has 0 aliphatic rings. The van der Waals surface area contributed by atoms with Crippen LogP contribution in [0.2, 0.25) is 5.02 Å². The lowest BCUT2D eigenvalue weighted by Gasteiger charge is -2.26. The third-order valence-corrected chi connectivity index (χ3v) is 5.94. The number of benzene rings is 2. The van der Waals surface area contributed by atoms with Crippen LogP contribution in [0.1, 0.15) is 50.7 Å². The molecule has 8 heteroatoms. The number of nitrogens with zero attached hydrogens (tertiary/aromatic N) is 1. The Morgan fingerprint density at radius 3 is 2.14 bits per heavy atom. The van der Waals surface area contributed by atoms with Crippen molar-refractivity contribution in [3.05, 3.63) is 58.6 Å². The number of halogens is 1. The molecule has 0 aliphatic heterocycles. The van der Waals surface area contributed by atoms with Gasteiger partial charge in [0.2, 0.25) is 5.09 Å². The van der Waals surface area contributed by atoms with Crippen LogP contribution in [0.15, 0.2) is 52.0 Å². The number of anilines is 1. The molecule has 0 atom stereocenters. The average Bonchev–Trinajstić information content (AvgIpc) is 3.10. The molecular formula is C21H22ClN2O4S. The highest BCUT2D eigenvalue weighted by Crippen LogP contribution is 2.37. The van der Waals surface area contributed by atoms with E-state index in [1.807, 2.05) is 27.7 Å². The van der Waals surface area contributed by atoms with Crippen LogP contribution in [0.4, 0.5) is 5.69 Å². The van der Waals surface area contributed by atoms with Crippen LogP contribution in [0, 0.1) is 0 Å². The molecule has 0 unspecified atom stereocenters. The van der Waals surface area contributed by atoms with Crippen molar-refractivity contribution >= 4 is 44.7 Å². The fourth-order valence-electron chi connectivity index (χ4n) is 3.15. The minimum absolute atomic E-state index is 0.00671. The van der Waals surface area contributed by atoms with E-state index in [0.717, 1.165) is 16.1 Å². The number of para-hydroxylation sites is 1. The number of hydrogen-bond acceptors (Lipinski definition) is 4. The second kappa shape index (κ2) is 8.18. The first-order valence-electron chi connectivity index (χ1n) is 9.16. The number of rotatable bonds is 7. The van der Waals surface area contributed by atoms with Crippen molar-refractivity contribution in [2.75, 3.05) is 5.01 Å². The molecule has 1 aromatic heterocycles. The number of nitrogens with one attached hydrogen (secondary N) is 1. The molecule has 1 amide bonds. The molecule has 29 heavy (non-hydrogen) atoms. The Balaban J connectivity index is 2.09. The van der Waals surface area contributed by atoms with Crippen molar-refractivity contribution in [1.82, 2.24) is 4.83 Å². The van der Waals surface area contributed by atoms with Crippen LogP contribution < -0.4 is 9.84 Å². The summed E-state index contributed by atoms with van der Waals surface area (Å²) in [7, 11) is -4.16. The molecule has 0 bridgehead atoms. The van der Waals surface area contributed by atoms with Gasteiger partial charge in [-0.3, -0.25) is 4.79 Å². The summed E-state index contributed by atoms with van der Waals surface area (Å²) in [5.41, 5.74) is 2.33. The van der Waals surface area contributed by atoms with Gasteiger partial charge in [0.15, 0.2) is 0 Å². The summed E-state index contributed by atoms with van der Waals surface area (Å²) in [4.78, 5) is 14.1. The molecule has 3 rings (SSSR count). The normalized spacial score (nSPS) is 12.1. The van der Waals surface area contributed by atoms with E-state index in [1.165, 1.54) is 6.07 Å². The summed E-state index contributed by atoms with van der Waals surface area (Å²) in [6.45, 7) is 7.76. The Bertz CT molecular complexity index is 1090. The third kappa shape index (κ3) is 4.32. The molecule has 1 radical (unpaired) electrons. The number of hydrogen-bond donors (Lipinski definition) is 1.